The standard InChI is InChI=1S/C21H20ClF3N4/c22-16-11-13(21(23,24)25)12-26-19(16)29-9-6-20(7-10-29)18-15(5-8-27-20)14-3-1-2-4-17(14)28-18/h1-4,11-12,27-28H,5-10H2. The molecule has 0 radical (unpaired) electrons. The monoisotopic (exact) mass is 420 g/mol. The highest BCUT2D eigenvalue weighted by Crippen LogP contribution is 2.42. The molecular formula is C21H20ClF3N4. The molecule has 4 nitrogen and oxygen atoms in total. The van der Waals surface area contributed by atoms with E-state index >= 15 is 0 Å². The molecule has 2 aliphatic heterocycles. The first-order valence-electron chi connectivity index (χ1n) is 9.70. The van der Waals surface area contributed by atoms with Crippen molar-refractivity contribution in [3.63, 3.8) is 0 Å². The third kappa shape index (κ3) is 3.07. The van der Waals surface area contributed by atoms with Gasteiger partial charge in [-0.3, -0.25) is 0 Å². The van der Waals surface area contributed by atoms with Crippen molar-refractivity contribution in [2.75, 3.05) is 24.5 Å². The molecule has 0 aliphatic carbocycles. The van der Waals surface area contributed by atoms with Crippen LogP contribution >= 0.6 is 11.6 Å². The third-order valence-corrected chi connectivity index (χ3v) is 6.47. The van der Waals surface area contributed by atoms with Gasteiger partial charge in [-0.2, -0.15) is 13.2 Å². The largest absolute Gasteiger partial charge is 0.417 e. The normalized spacial score (nSPS) is 19.0. The summed E-state index contributed by atoms with van der Waals surface area (Å²) in [5.74, 6) is 0.419. The maximum Gasteiger partial charge on any atom is 0.417 e. The first-order chi connectivity index (χ1) is 13.9. The fourth-order valence-corrected chi connectivity index (χ4v) is 5.01. The lowest BCUT2D eigenvalue weighted by Crippen LogP contribution is -2.54. The summed E-state index contributed by atoms with van der Waals surface area (Å²) in [6.45, 7) is 2.24. The zero-order chi connectivity index (χ0) is 20.2. The van der Waals surface area contributed by atoms with Crippen molar-refractivity contribution >= 4 is 28.3 Å². The molecule has 0 unspecified atom stereocenters. The molecule has 0 atom stereocenters. The number of aromatic amines is 1. The fraction of sp³-hybridized carbons (Fsp3) is 0.381. The third-order valence-electron chi connectivity index (χ3n) is 6.20. The number of nitrogens with zero attached hydrogens (tertiary/aromatic N) is 2. The molecule has 0 bridgehead atoms. The topological polar surface area (TPSA) is 44.0 Å². The number of para-hydroxylation sites is 1. The number of H-pyrrole nitrogens is 1. The Labute approximate surface area is 171 Å². The maximum atomic E-state index is 12.9. The quantitative estimate of drug-likeness (QED) is 0.590. The van der Waals surface area contributed by atoms with Gasteiger partial charge in [-0.1, -0.05) is 29.8 Å². The van der Waals surface area contributed by atoms with Crippen LogP contribution in [0.15, 0.2) is 36.5 Å². The molecule has 152 valence electrons. The van der Waals surface area contributed by atoms with Gasteiger partial charge in [-0.05, 0) is 37.0 Å². The van der Waals surface area contributed by atoms with Crippen molar-refractivity contribution in [1.29, 1.82) is 0 Å². The molecule has 1 spiro atoms. The zero-order valence-corrected chi connectivity index (χ0v) is 16.4. The Morgan fingerprint density at radius 2 is 1.90 bits per heavy atom. The van der Waals surface area contributed by atoms with E-state index in [-0.39, 0.29) is 10.6 Å². The number of aromatic nitrogens is 2. The van der Waals surface area contributed by atoms with Gasteiger partial charge in [0.05, 0.1) is 16.1 Å². The van der Waals surface area contributed by atoms with Crippen molar-refractivity contribution in [2.24, 2.45) is 0 Å². The Bertz CT molecular complexity index is 1070. The van der Waals surface area contributed by atoms with Gasteiger partial charge >= 0.3 is 6.18 Å². The summed E-state index contributed by atoms with van der Waals surface area (Å²) in [7, 11) is 0. The minimum absolute atomic E-state index is 0.0404. The molecule has 2 aromatic heterocycles. The molecule has 2 N–H and O–H groups in total. The summed E-state index contributed by atoms with van der Waals surface area (Å²) < 4.78 is 38.7. The number of alkyl halides is 3. The van der Waals surface area contributed by atoms with Crippen LogP contribution in [0.2, 0.25) is 5.02 Å². The molecule has 2 aliphatic rings. The van der Waals surface area contributed by atoms with E-state index in [1.165, 1.54) is 16.6 Å². The molecular weight excluding hydrogens is 401 g/mol. The van der Waals surface area contributed by atoms with E-state index < -0.39 is 11.7 Å². The molecule has 1 aromatic carbocycles. The van der Waals surface area contributed by atoms with Crippen LogP contribution in [0, 0.1) is 0 Å². The van der Waals surface area contributed by atoms with E-state index in [9.17, 15) is 13.2 Å². The lowest BCUT2D eigenvalue weighted by molar-refractivity contribution is -0.137. The highest BCUT2D eigenvalue weighted by molar-refractivity contribution is 6.33. The average molecular weight is 421 g/mol. The van der Waals surface area contributed by atoms with Crippen molar-refractivity contribution in [3.05, 3.63) is 58.4 Å². The van der Waals surface area contributed by atoms with Crippen LogP contribution in [0.1, 0.15) is 29.7 Å². The smallest absolute Gasteiger partial charge is 0.357 e. The summed E-state index contributed by atoms with van der Waals surface area (Å²) in [5.41, 5.74) is 2.79. The molecule has 5 rings (SSSR count). The second-order valence-corrected chi connectivity index (χ2v) is 8.20. The van der Waals surface area contributed by atoms with E-state index in [0.29, 0.717) is 18.9 Å². The summed E-state index contributed by atoms with van der Waals surface area (Å²) >= 11 is 6.15. The Kier molecular flexibility index (Phi) is 4.29. The number of hydrogen-bond donors (Lipinski definition) is 2. The number of nitrogens with one attached hydrogen (secondary N) is 2. The van der Waals surface area contributed by atoms with Crippen molar-refractivity contribution in [3.8, 4) is 0 Å². The second-order valence-electron chi connectivity index (χ2n) is 7.80. The Balaban J connectivity index is 1.42. The molecule has 4 heterocycles. The summed E-state index contributed by atoms with van der Waals surface area (Å²) in [5, 5.41) is 5.02. The molecule has 3 aromatic rings. The number of benzene rings is 1. The Morgan fingerprint density at radius 1 is 1.14 bits per heavy atom. The van der Waals surface area contributed by atoms with Gasteiger partial charge in [0.2, 0.25) is 0 Å². The van der Waals surface area contributed by atoms with Gasteiger partial charge in [0.15, 0.2) is 0 Å². The average Bonchev–Trinajstić information content (AvgIpc) is 3.09. The molecule has 1 fully saturated rings. The van der Waals surface area contributed by atoms with E-state index in [2.05, 4.69) is 33.5 Å². The predicted octanol–water partition coefficient (Wildman–Crippen LogP) is 4.88. The van der Waals surface area contributed by atoms with E-state index in [1.54, 1.807) is 0 Å². The molecule has 1 saturated heterocycles. The maximum absolute atomic E-state index is 12.9. The molecule has 8 heteroatoms. The molecule has 0 saturated carbocycles. The van der Waals surface area contributed by atoms with E-state index in [1.807, 2.05) is 11.0 Å². The van der Waals surface area contributed by atoms with Gasteiger partial charge in [-0.15, -0.1) is 0 Å². The van der Waals surface area contributed by atoms with Crippen molar-refractivity contribution in [2.45, 2.75) is 31.0 Å². The lowest BCUT2D eigenvalue weighted by atomic mass is 9.79. The fourth-order valence-electron chi connectivity index (χ4n) is 4.73. The lowest BCUT2D eigenvalue weighted by Gasteiger charge is -2.45. The van der Waals surface area contributed by atoms with Crippen LogP contribution in [-0.4, -0.2) is 29.6 Å². The number of rotatable bonds is 1. The van der Waals surface area contributed by atoms with E-state index in [4.69, 9.17) is 11.6 Å². The Hall–Kier alpha value is -2.25. The van der Waals surface area contributed by atoms with E-state index in [0.717, 1.165) is 43.6 Å². The number of anilines is 1. The first-order valence-corrected chi connectivity index (χ1v) is 10.1. The highest BCUT2D eigenvalue weighted by atomic mass is 35.5. The Morgan fingerprint density at radius 3 is 2.62 bits per heavy atom. The van der Waals surface area contributed by atoms with Crippen molar-refractivity contribution < 1.29 is 13.2 Å². The minimum atomic E-state index is -4.45. The van der Waals surface area contributed by atoms with Crippen LogP contribution in [-0.2, 0) is 18.1 Å². The van der Waals surface area contributed by atoms with Crippen molar-refractivity contribution in [1.82, 2.24) is 15.3 Å². The SMILES string of the molecule is FC(F)(F)c1cnc(N2CCC3(CC2)NCCc2c3[nH]c3ccccc23)c(Cl)c1. The predicted molar refractivity (Wildman–Crippen MR) is 107 cm³/mol. The summed E-state index contributed by atoms with van der Waals surface area (Å²) in [4.78, 5) is 9.62. The van der Waals surface area contributed by atoms with Crippen LogP contribution in [0.5, 0.6) is 0 Å². The number of piperidine rings is 1. The number of pyridine rings is 1. The first kappa shape index (κ1) is 18.8. The van der Waals surface area contributed by atoms with Gasteiger partial charge in [0, 0.05) is 42.4 Å². The number of hydrogen-bond acceptors (Lipinski definition) is 3. The zero-order valence-electron chi connectivity index (χ0n) is 15.6. The minimum Gasteiger partial charge on any atom is -0.357 e. The summed E-state index contributed by atoms with van der Waals surface area (Å²) in [6, 6.07) is 9.31. The summed E-state index contributed by atoms with van der Waals surface area (Å²) in [6.07, 6.45) is -0.950. The molecule has 29 heavy (non-hydrogen) atoms. The second kappa shape index (κ2) is 6.64. The van der Waals surface area contributed by atoms with Gasteiger partial charge < -0.3 is 15.2 Å². The van der Waals surface area contributed by atoms with Gasteiger partial charge in [0.1, 0.15) is 5.82 Å². The van der Waals surface area contributed by atoms with Gasteiger partial charge in [0.25, 0.3) is 0 Å². The van der Waals surface area contributed by atoms with Crippen LogP contribution in [0.4, 0.5) is 19.0 Å². The van der Waals surface area contributed by atoms with Crippen LogP contribution in [0.25, 0.3) is 10.9 Å². The van der Waals surface area contributed by atoms with Gasteiger partial charge in [-0.25, -0.2) is 4.98 Å². The van der Waals surface area contributed by atoms with Crippen LogP contribution in [0.3, 0.4) is 0 Å². The number of fused-ring (bicyclic) bond motifs is 4. The number of halogens is 4. The van der Waals surface area contributed by atoms with Crippen LogP contribution < -0.4 is 10.2 Å². The highest BCUT2D eigenvalue weighted by Gasteiger charge is 2.42. The molecule has 0 amide bonds.